The second-order valence-corrected chi connectivity index (χ2v) is 5.09. The Bertz CT molecular complexity index is 337. The molecule has 0 spiro atoms. The molecule has 3 nitrogen and oxygen atoms in total. The van der Waals surface area contributed by atoms with E-state index < -0.39 is 0 Å². The summed E-state index contributed by atoms with van der Waals surface area (Å²) in [6.45, 7) is 8.44. The monoisotopic (exact) mass is 236 g/mol. The molecule has 1 aromatic rings. The van der Waals surface area contributed by atoms with Gasteiger partial charge < -0.3 is 4.74 Å². The van der Waals surface area contributed by atoms with Crippen LogP contribution in [0.1, 0.15) is 45.7 Å². The minimum absolute atomic E-state index is 0.186. The molecule has 0 amide bonds. The van der Waals surface area contributed by atoms with E-state index >= 15 is 0 Å². The first-order chi connectivity index (χ1) is 8.02. The lowest BCUT2D eigenvalue weighted by molar-refractivity contribution is 0.242. The average molecular weight is 236 g/mol. The van der Waals surface area contributed by atoms with Crippen LogP contribution in [0.25, 0.3) is 0 Å². The molecule has 0 bridgehead atoms. The molecule has 0 aliphatic rings. The first kappa shape index (κ1) is 14.0. The van der Waals surface area contributed by atoms with Gasteiger partial charge in [-0.1, -0.05) is 26.0 Å². The van der Waals surface area contributed by atoms with Crippen molar-refractivity contribution in [2.24, 2.45) is 11.8 Å². The Hall–Kier alpha value is -1.06. The minimum atomic E-state index is 0.186. The Labute approximate surface area is 104 Å². The highest BCUT2D eigenvalue weighted by atomic mass is 16.5. The summed E-state index contributed by atoms with van der Waals surface area (Å²) in [5.41, 5.74) is 4.05. The maximum Gasteiger partial charge on any atom is 0.120 e. The van der Waals surface area contributed by atoms with E-state index in [9.17, 15) is 0 Å². The van der Waals surface area contributed by atoms with Crippen molar-refractivity contribution < 1.29 is 4.74 Å². The molecular formula is C14H24N2O. The van der Waals surface area contributed by atoms with Gasteiger partial charge in [0, 0.05) is 6.04 Å². The van der Waals surface area contributed by atoms with Crippen molar-refractivity contribution in [1.29, 1.82) is 0 Å². The van der Waals surface area contributed by atoms with E-state index in [2.05, 4.69) is 31.4 Å². The summed E-state index contributed by atoms with van der Waals surface area (Å²) >= 11 is 0. The van der Waals surface area contributed by atoms with Crippen LogP contribution in [-0.2, 0) is 0 Å². The van der Waals surface area contributed by atoms with E-state index in [1.807, 2.05) is 26.0 Å². The lowest BCUT2D eigenvalue weighted by Gasteiger charge is -2.19. The number of nitrogens with one attached hydrogen (secondary N) is 1. The number of benzene rings is 1. The number of rotatable bonds is 6. The molecule has 0 aliphatic carbocycles. The molecule has 17 heavy (non-hydrogen) atoms. The van der Waals surface area contributed by atoms with Crippen LogP contribution in [0.15, 0.2) is 24.3 Å². The van der Waals surface area contributed by atoms with Gasteiger partial charge in [-0.2, -0.15) is 0 Å². The zero-order valence-corrected chi connectivity index (χ0v) is 11.2. The average Bonchev–Trinajstić information content (AvgIpc) is 2.25. The van der Waals surface area contributed by atoms with Crippen molar-refractivity contribution in [3.8, 4) is 5.75 Å². The Balaban J connectivity index is 2.81. The van der Waals surface area contributed by atoms with E-state index in [1.54, 1.807) is 0 Å². The summed E-state index contributed by atoms with van der Waals surface area (Å²) in [4.78, 5) is 0. The largest absolute Gasteiger partial charge is 0.491 e. The molecule has 0 aromatic heterocycles. The van der Waals surface area contributed by atoms with Crippen LogP contribution >= 0.6 is 0 Å². The highest BCUT2D eigenvalue weighted by molar-refractivity contribution is 5.30. The fraction of sp³-hybridized carbons (Fsp3) is 0.571. The molecule has 0 radical (unpaired) electrons. The van der Waals surface area contributed by atoms with Crippen LogP contribution in [0.3, 0.4) is 0 Å². The lowest BCUT2D eigenvalue weighted by atomic mass is 9.97. The van der Waals surface area contributed by atoms with Gasteiger partial charge >= 0.3 is 0 Å². The number of nitrogens with two attached hydrogens (primary N) is 1. The molecule has 0 heterocycles. The van der Waals surface area contributed by atoms with Crippen molar-refractivity contribution in [3.05, 3.63) is 29.8 Å². The van der Waals surface area contributed by atoms with E-state index in [0.717, 1.165) is 12.2 Å². The molecule has 3 N–H and O–H groups in total. The van der Waals surface area contributed by atoms with Crippen molar-refractivity contribution in [3.63, 3.8) is 0 Å². The third-order valence-electron chi connectivity index (χ3n) is 2.54. The van der Waals surface area contributed by atoms with Gasteiger partial charge in [-0.3, -0.25) is 11.3 Å². The number of hydrazine groups is 1. The van der Waals surface area contributed by atoms with Gasteiger partial charge in [-0.05, 0) is 43.9 Å². The van der Waals surface area contributed by atoms with Crippen molar-refractivity contribution in [1.82, 2.24) is 5.43 Å². The maximum absolute atomic E-state index is 5.69. The Kier molecular flexibility index (Phi) is 5.45. The molecule has 3 heteroatoms. The van der Waals surface area contributed by atoms with Gasteiger partial charge in [-0.15, -0.1) is 0 Å². The summed E-state index contributed by atoms with van der Waals surface area (Å²) in [7, 11) is 0. The van der Waals surface area contributed by atoms with Crippen LogP contribution in [0.2, 0.25) is 0 Å². The zero-order chi connectivity index (χ0) is 12.8. The maximum atomic E-state index is 5.69. The summed E-state index contributed by atoms with van der Waals surface area (Å²) in [6, 6.07) is 8.32. The minimum Gasteiger partial charge on any atom is -0.491 e. The van der Waals surface area contributed by atoms with Crippen molar-refractivity contribution in [2.45, 2.75) is 46.3 Å². The molecule has 0 fully saturated rings. The van der Waals surface area contributed by atoms with Gasteiger partial charge in [0.05, 0.1) is 6.10 Å². The van der Waals surface area contributed by atoms with E-state index in [1.165, 1.54) is 5.56 Å². The Morgan fingerprint density at radius 2 is 1.94 bits per heavy atom. The topological polar surface area (TPSA) is 47.3 Å². The molecule has 96 valence electrons. The number of ether oxygens (including phenoxy) is 1. The SMILES string of the molecule is CC(C)CC(NN)c1cccc(OC(C)C)c1. The highest BCUT2D eigenvalue weighted by Gasteiger charge is 2.12. The Morgan fingerprint density at radius 1 is 1.24 bits per heavy atom. The normalized spacial score (nSPS) is 13.1. The second-order valence-electron chi connectivity index (χ2n) is 5.09. The van der Waals surface area contributed by atoms with Crippen LogP contribution in [0.4, 0.5) is 0 Å². The van der Waals surface area contributed by atoms with Crippen molar-refractivity contribution in [2.75, 3.05) is 0 Å². The molecule has 1 aromatic carbocycles. The van der Waals surface area contributed by atoms with Crippen LogP contribution in [0, 0.1) is 5.92 Å². The summed E-state index contributed by atoms with van der Waals surface area (Å²) in [5.74, 6) is 7.12. The predicted octanol–water partition coefficient (Wildman–Crippen LogP) is 3.02. The second kappa shape index (κ2) is 6.62. The van der Waals surface area contributed by atoms with Gasteiger partial charge in [0.25, 0.3) is 0 Å². The first-order valence-corrected chi connectivity index (χ1v) is 6.25. The summed E-state index contributed by atoms with van der Waals surface area (Å²) in [6.07, 6.45) is 1.21. The third-order valence-corrected chi connectivity index (χ3v) is 2.54. The van der Waals surface area contributed by atoms with E-state index in [0.29, 0.717) is 5.92 Å². The molecular weight excluding hydrogens is 212 g/mol. The molecule has 0 aliphatic heterocycles. The van der Waals surface area contributed by atoms with Gasteiger partial charge in [0.2, 0.25) is 0 Å². The third kappa shape index (κ3) is 4.75. The van der Waals surface area contributed by atoms with Crippen LogP contribution in [-0.4, -0.2) is 6.10 Å². The zero-order valence-electron chi connectivity index (χ0n) is 11.2. The fourth-order valence-electron chi connectivity index (χ4n) is 1.85. The molecule has 0 saturated heterocycles. The molecule has 0 saturated carbocycles. The fourth-order valence-corrected chi connectivity index (χ4v) is 1.85. The highest BCUT2D eigenvalue weighted by Crippen LogP contribution is 2.24. The summed E-state index contributed by atoms with van der Waals surface area (Å²) < 4.78 is 5.69. The lowest BCUT2D eigenvalue weighted by Crippen LogP contribution is -2.29. The van der Waals surface area contributed by atoms with E-state index in [-0.39, 0.29) is 12.1 Å². The first-order valence-electron chi connectivity index (χ1n) is 6.25. The summed E-state index contributed by atoms with van der Waals surface area (Å²) in [5, 5.41) is 0. The molecule has 1 unspecified atom stereocenters. The van der Waals surface area contributed by atoms with Crippen LogP contribution in [0.5, 0.6) is 5.75 Å². The smallest absolute Gasteiger partial charge is 0.120 e. The van der Waals surface area contributed by atoms with Crippen LogP contribution < -0.4 is 16.0 Å². The predicted molar refractivity (Wildman–Crippen MR) is 71.7 cm³/mol. The molecule has 1 rings (SSSR count). The van der Waals surface area contributed by atoms with Gasteiger partial charge in [0.15, 0.2) is 0 Å². The number of hydrogen-bond acceptors (Lipinski definition) is 3. The van der Waals surface area contributed by atoms with Gasteiger partial charge in [0.1, 0.15) is 5.75 Å². The molecule has 1 atom stereocenters. The van der Waals surface area contributed by atoms with Crippen molar-refractivity contribution >= 4 is 0 Å². The number of hydrogen-bond donors (Lipinski definition) is 2. The standard InChI is InChI=1S/C14H24N2O/c1-10(2)8-14(16-15)12-6-5-7-13(9-12)17-11(3)4/h5-7,9-11,14,16H,8,15H2,1-4H3. The quantitative estimate of drug-likeness (QED) is 0.589. The van der Waals surface area contributed by atoms with Gasteiger partial charge in [-0.25, -0.2) is 0 Å². The Morgan fingerprint density at radius 3 is 2.47 bits per heavy atom. The van der Waals surface area contributed by atoms with E-state index in [4.69, 9.17) is 10.6 Å².